The summed E-state index contributed by atoms with van der Waals surface area (Å²) in [5.74, 6) is 1.33. The number of aliphatic hydroxyl groups is 4. The van der Waals surface area contributed by atoms with Gasteiger partial charge in [0.25, 0.3) is 5.91 Å². The summed E-state index contributed by atoms with van der Waals surface area (Å²) in [5, 5.41) is 55.7. The molecular weight excluding hydrogens is 919 g/mol. The Kier molecular flexibility index (Phi) is 19.2. The summed E-state index contributed by atoms with van der Waals surface area (Å²) in [7, 11) is 1.68. The summed E-state index contributed by atoms with van der Waals surface area (Å²) in [6.07, 6.45) is 12.0. The molecule has 5 aliphatic heterocycles. The second kappa shape index (κ2) is 25.9. The summed E-state index contributed by atoms with van der Waals surface area (Å²) < 4.78 is 11.4. The number of unbranched alkanes of at least 4 members (excludes halogenated alkanes) is 8. The number of primary amides is 1. The van der Waals surface area contributed by atoms with Crippen LogP contribution < -0.4 is 36.6 Å². The molecule has 3 aromatic rings. The van der Waals surface area contributed by atoms with Crippen molar-refractivity contribution in [3.8, 4) is 5.75 Å². The van der Waals surface area contributed by atoms with E-state index in [0.29, 0.717) is 79.1 Å². The van der Waals surface area contributed by atoms with Crippen LogP contribution in [0.3, 0.4) is 0 Å². The fourth-order valence-electron chi connectivity index (χ4n) is 11.4. The van der Waals surface area contributed by atoms with E-state index in [2.05, 4.69) is 47.0 Å². The van der Waals surface area contributed by atoms with Gasteiger partial charge in [-0.3, -0.25) is 19.8 Å². The molecule has 72 heavy (non-hydrogen) atoms. The van der Waals surface area contributed by atoms with Crippen molar-refractivity contribution in [2.75, 3.05) is 87.0 Å². The fraction of sp³-hybridized carbons (Fsp3) is 0.660. The Morgan fingerprint density at radius 3 is 2.21 bits per heavy atom. The molecule has 19 heteroatoms. The quantitative estimate of drug-likeness (QED) is 0.0548. The van der Waals surface area contributed by atoms with E-state index in [-0.39, 0.29) is 17.6 Å². The Balaban J connectivity index is 0.679. The van der Waals surface area contributed by atoms with Crippen molar-refractivity contribution in [2.45, 2.75) is 159 Å². The summed E-state index contributed by atoms with van der Waals surface area (Å²) in [6, 6.07) is 11.7. The predicted molar refractivity (Wildman–Crippen MR) is 278 cm³/mol. The third-order valence-electron chi connectivity index (χ3n) is 15.5. The van der Waals surface area contributed by atoms with E-state index in [1.807, 2.05) is 37.3 Å². The number of aryl methyl sites for hydroxylation is 1. The van der Waals surface area contributed by atoms with Crippen molar-refractivity contribution in [3.63, 3.8) is 0 Å². The minimum atomic E-state index is -1.06. The molecule has 19 nitrogen and oxygen atoms in total. The van der Waals surface area contributed by atoms with E-state index in [1.54, 1.807) is 7.11 Å². The summed E-state index contributed by atoms with van der Waals surface area (Å²) >= 11 is 0. The molecule has 0 aliphatic carbocycles. The summed E-state index contributed by atoms with van der Waals surface area (Å²) in [4.78, 5) is 43.7. The molecule has 5 unspecified atom stereocenters. The molecule has 2 amide bonds. The molecule has 5 aliphatic rings. The molecule has 5 atom stereocenters. The van der Waals surface area contributed by atoms with Crippen LogP contribution in [-0.4, -0.2) is 154 Å². The number of ether oxygens (including phenoxy) is 2. The number of carbonyl (C=O) groups excluding carboxylic acids is 2. The zero-order valence-corrected chi connectivity index (χ0v) is 42.6. The van der Waals surface area contributed by atoms with Gasteiger partial charge in [0.15, 0.2) is 17.3 Å². The number of methoxy groups -OCH3 is 1. The lowest BCUT2D eigenvalue weighted by molar-refractivity contribution is -0.158. The lowest BCUT2D eigenvalue weighted by atomic mass is 10.0. The number of nitrogens with zero attached hydrogens (tertiary/aromatic N) is 6. The normalized spacial score (nSPS) is 23.5. The average Bonchev–Trinajstić information content (AvgIpc) is 3.65. The number of piperidine rings is 2. The van der Waals surface area contributed by atoms with Crippen LogP contribution in [-0.2, 0) is 16.0 Å². The molecule has 4 fully saturated rings. The topological polar surface area (TPSA) is 246 Å². The van der Waals surface area contributed by atoms with Crippen molar-refractivity contribution < 1.29 is 39.5 Å². The first-order valence-corrected chi connectivity index (χ1v) is 26.9. The van der Waals surface area contributed by atoms with Gasteiger partial charge in [0.05, 0.1) is 24.5 Å². The standard InChI is InChI=1S/C53H81N11O8/c1-3-39-49(56-35-23-32-72-33-24-35)60-50(47(58-39)48(54)67)57-36-17-18-41(43(34-36)71-2)62-26-21-37(22-27-62)61-28-30-63(31-29-61)45(66)16-11-9-7-5-4-6-8-10-12-25-55-40-15-13-14-38-46(40)53(70)64(52(38)69)42-19-20-44(65)59-51(42)68/h13-15,17-18,34-35,37,42,44,51-53,55,59,65,68-70H,3-12,16,19-33H2,1-2H3,(H2,54,67)(H2,56,57,60). The van der Waals surface area contributed by atoms with Gasteiger partial charge in [-0.05, 0) is 76.0 Å². The van der Waals surface area contributed by atoms with Crippen molar-refractivity contribution in [1.82, 2.24) is 30.0 Å². The highest BCUT2D eigenvalue weighted by molar-refractivity contribution is 5.96. The molecule has 6 heterocycles. The van der Waals surface area contributed by atoms with Crippen LogP contribution in [0.4, 0.5) is 28.7 Å². The maximum atomic E-state index is 13.2. The Bertz CT molecular complexity index is 2240. The molecule has 4 saturated heterocycles. The number of nitrogens with two attached hydrogens (primary N) is 1. The van der Waals surface area contributed by atoms with Gasteiger partial charge < -0.3 is 61.4 Å². The molecule has 8 rings (SSSR count). The molecule has 0 spiro atoms. The zero-order chi connectivity index (χ0) is 50.6. The lowest BCUT2D eigenvalue weighted by Crippen LogP contribution is -2.57. The van der Waals surface area contributed by atoms with Crippen LogP contribution in [0.2, 0.25) is 0 Å². The van der Waals surface area contributed by atoms with Crippen molar-refractivity contribution in [1.29, 1.82) is 0 Å². The average molecular weight is 1000 g/mol. The van der Waals surface area contributed by atoms with Gasteiger partial charge in [0.2, 0.25) is 5.91 Å². The van der Waals surface area contributed by atoms with Gasteiger partial charge in [-0.25, -0.2) is 14.9 Å². The van der Waals surface area contributed by atoms with Gasteiger partial charge in [0, 0.05) is 106 Å². The van der Waals surface area contributed by atoms with Crippen LogP contribution in [0.1, 0.15) is 149 Å². The highest BCUT2D eigenvalue weighted by Crippen LogP contribution is 2.46. The first-order valence-electron chi connectivity index (χ1n) is 26.9. The second-order valence-corrected chi connectivity index (χ2v) is 20.2. The Labute approximate surface area is 425 Å². The molecule has 2 aromatic carbocycles. The van der Waals surface area contributed by atoms with Crippen LogP contribution in [0, 0.1) is 0 Å². The Morgan fingerprint density at radius 1 is 0.819 bits per heavy atom. The minimum Gasteiger partial charge on any atom is -0.495 e. The number of nitrogens with one attached hydrogen (secondary N) is 4. The first kappa shape index (κ1) is 53.4. The van der Waals surface area contributed by atoms with Crippen molar-refractivity contribution >= 4 is 40.5 Å². The van der Waals surface area contributed by atoms with E-state index >= 15 is 0 Å². The Morgan fingerprint density at radius 2 is 1.53 bits per heavy atom. The third-order valence-corrected chi connectivity index (χ3v) is 15.5. The maximum Gasteiger partial charge on any atom is 0.271 e. The van der Waals surface area contributed by atoms with Gasteiger partial charge in [-0.2, -0.15) is 0 Å². The number of anilines is 5. The van der Waals surface area contributed by atoms with Crippen molar-refractivity contribution in [3.05, 3.63) is 58.9 Å². The second-order valence-electron chi connectivity index (χ2n) is 20.2. The molecular formula is C53H81N11O8. The highest BCUT2D eigenvalue weighted by atomic mass is 16.5. The summed E-state index contributed by atoms with van der Waals surface area (Å²) in [6.45, 7) is 9.35. The SMILES string of the molecule is CCc1nc(C(N)=O)c(Nc2ccc(N3CCC(N4CCN(C(=O)CCCCCCCCCCCNc5cccc6c5C(O)N(C5CCC(O)NC5O)C6O)CC4)CC3)c(OC)c2)nc1NC1CCOCC1. The first-order chi connectivity index (χ1) is 35.0. The monoisotopic (exact) mass is 1000 g/mol. The minimum absolute atomic E-state index is 0.0988. The van der Waals surface area contributed by atoms with E-state index < -0.39 is 36.9 Å². The van der Waals surface area contributed by atoms with E-state index in [0.717, 1.165) is 127 Å². The maximum absolute atomic E-state index is 13.2. The van der Waals surface area contributed by atoms with Gasteiger partial charge >= 0.3 is 0 Å². The molecule has 396 valence electrons. The van der Waals surface area contributed by atoms with E-state index in [9.17, 15) is 30.0 Å². The number of hydrogen-bond donors (Lipinski definition) is 9. The number of hydrogen-bond acceptors (Lipinski definition) is 17. The van der Waals surface area contributed by atoms with Gasteiger partial charge in [0.1, 0.15) is 30.7 Å². The van der Waals surface area contributed by atoms with E-state index in [1.165, 1.54) is 24.2 Å². The summed E-state index contributed by atoms with van der Waals surface area (Å²) in [5.41, 5.74) is 10.4. The third kappa shape index (κ3) is 13.3. The largest absolute Gasteiger partial charge is 0.495 e. The Hall–Kier alpha value is -4.86. The molecule has 10 N–H and O–H groups in total. The fourth-order valence-corrected chi connectivity index (χ4v) is 11.4. The van der Waals surface area contributed by atoms with Crippen LogP contribution in [0.25, 0.3) is 0 Å². The number of fused-ring (bicyclic) bond motifs is 1. The molecule has 0 bridgehead atoms. The van der Waals surface area contributed by atoms with E-state index in [4.69, 9.17) is 20.2 Å². The number of carbonyl (C=O) groups is 2. The van der Waals surface area contributed by atoms with Crippen LogP contribution in [0.5, 0.6) is 5.75 Å². The number of piperazine rings is 1. The number of rotatable bonds is 23. The molecule has 1 aromatic heterocycles. The van der Waals surface area contributed by atoms with Crippen molar-refractivity contribution in [2.24, 2.45) is 5.73 Å². The number of amides is 2. The van der Waals surface area contributed by atoms with Crippen LogP contribution in [0.15, 0.2) is 36.4 Å². The van der Waals surface area contributed by atoms with Gasteiger partial charge in [-0.1, -0.05) is 64.0 Å². The molecule has 0 radical (unpaired) electrons. The zero-order valence-electron chi connectivity index (χ0n) is 42.6. The number of aliphatic hydroxyl groups excluding tert-OH is 4. The highest BCUT2D eigenvalue weighted by Gasteiger charge is 2.45. The number of aromatic nitrogens is 2. The number of benzene rings is 2. The molecule has 0 saturated carbocycles. The van der Waals surface area contributed by atoms with Crippen LogP contribution >= 0.6 is 0 Å². The predicted octanol–water partition coefficient (Wildman–Crippen LogP) is 5.29. The lowest BCUT2D eigenvalue weighted by Gasteiger charge is -2.43. The van der Waals surface area contributed by atoms with Gasteiger partial charge in [-0.15, -0.1) is 0 Å². The smallest absolute Gasteiger partial charge is 0.271 e.